The van der Waals surface area contributed by atoms with Crippen molar-refractivity contribution in [2.75, 3.05) is 0 Å². The highest BCUT2D eigenvalue weighted by molar-refractivity contribution is 4.83. The summed E-state index contributed by atoms with van der Waals surface area (Å²) >= 11 is 0. The average molecular weight is 249 g/mol. The number of unbranched alkanes of at least 4 members (excludes halogenated alkanes) is 10. The Balaban J connectivity index is 3.02. The third-order valence-electron chi connectivity index (χ3n) is 3.30. The standard InChI is InChI=1S/C18H33/c1-3-5-7-9-11-13-15-17-18-16-14-12-10-8-6-4-2/h3,5,12,14H,1,4,6-11,13,15-18H2,2H3. The number of hydrogen-bond acceptors (Lipinski definition) is 0. The Bertz CT molecular complexity index is 188. The van der Waals surface area contributed by atoms with E-state index in [1.54, 1.807) is 0 Å². The van der Waals surface area contributed by atoms with Crippen LogP contribution in [0.25, 0.3) is 0 Å². The molecule has 0 heterocycles. The molecular weight excluding hydrogens is 216 g/mol. The van der Waals surface area contributed by atoms with Crippen molar-refractivity contribution in [1.29, 1.82) is 0 Å². The molecule has 0 rings (SSSR count). The molecular formula is C18H33. The lowest BCUT2D eigenvalue weighted by atomic mass is 10.1. The maximum absolute atomic E-state index is 3.70. The van der Waals surface area contributed by atoms with E-state index in [2.05, 4.69) is 32.1 Å². The van der Waals surface area contributed by atoms with E-state index in [9.17, 15) is 0 Å². The normalized spacial score (nSPS) is 11.9. The molecule has 0 heteroatoms. The molecule has 0 atom stereocenters. The maximum Gasteiger partial charge on any atom is -0.0316 e. The van der Waals surface area contributed by atoms with Crippen LogP contribution in [0.3, 0.4) is 0 Å². The van der Waals surface area contributed by atoms with Gasteiger partial charge in [0, 0.05) is 0 Å². The Labute approximate surface area is 116 Å². The quantitative estimate of drug-likeness (QED) is 0.254. The number of allylic oxidation sites excluding steroid dienone is 4. The fourth-order valence-corrected chi connectivity index (χ4v) is 2.10. The molecule has 0 aromatic heterocycles. The highest BCUT2D eigenvalue weighted by Crippen LogP contribution is 2.09. The van der Waals surface area contributed by atoms with Crippen molar-refractivity contribution in [3.8, 4) is 0 Å². The van der Waals surface area contributed by atoms with Crippen LogP contribution in [-0.2, 0) is 0 Å². The van der Waals surface area contributed by atoms with Crippen molar-refractivity contribution in [1.82, 2.24) is 0 Å². The SMILES string of the molecule is [CH2]C=CCCCCCCCCC=CCCCCC. The Kier molecular flexibility index (Phi) is 16.0. The molecule has 0 spiro atoms. The number of rotatable bonds is 13. The Morgan fingerprint density at radius 2 is 1.06 bits per heavy atom. The van der Waals surface area contributed by atoms with Gasteiger partial charge in [0.25, 0.3) is 0 Å². The van der Waals surface area contributed by atoms with Crippen LogP contribution < -0.4 is 0 Å². The van der Waals surface area contributed by atoms with E-state index in [1.807, 2.05) is 6.08 Å². The summed E-state index contributed by atoms with van der Waals surface area (Å²) in [7, 11) is 0. The molecule has 0 fully saturated rings. The largest absolute Gasteiger partial charge is 0.0885 e. The summed E-state index contributed by atoms with van der Waals surface area (Å²) in [5.41, 5.74) is 0. The van der Waals surface area contributed by atoms with E-state index in [1.165, 1.54) is 77.0 Å². The van der Waals surface area contributed by atoms with E-state index in [0.29, 0.717) is 0 Å². The topological polar surface area (TPSA) is 0 Å². The minimum Gasteiger partial charge on any atom is -0.0885 e. The summed E-state index contributed by atoms with van der Waals surface area (Å²) in [5.74, 6) is 0. The van der Waals surface area contributed by atoms with Gasteiger partial charge in [0.15, 0.2) is 0 Å². The third kappa shape index (κ3) is 15.5. The second kappa shape index (κ2) is 16.5. The molecule has 1 radical (unpaired) electrons. The first kappa shape index (κ1) is 17.5. The fraction of sp³-hybridized carbons (Fsp3) is 0.722. The van der Waals surface area contributed by atoms with Gasteiger partial charge in [-0.3, -0.25) is 0 Å². The molecule has 0 saturated carbocycles. The molecule has 0 N–H and O–H groups in total. The van der Waals surface area contributed by atoms with Crippen molar-refractivity contribution in [2.24, 2.45) is 0 Å². The molecule has 0 aliphatic heterocycles. The zero-order chi connectivity index (χ0) is 13.3. The zero-order valence-corrected chi connectivity index (χ0v) is 12.5. The van der Waals surface area contributed by atoms with Crippen LogP contribution in [-0.4, -0.2) is 0 Å². The summed E-state index contributed by atoms with van der Waals surface area (Å²) in [4.78, 5) is 0. The summed E-state index contributed by atoms with van der Waals surface area (Å²) in [6, 6.07) is 0. The van der Waals surface area contributed by atoms with Gasteiger partial charge in [0.05, 0.1) is 0 Å². The summed E-state index contributed by atoms with van der Waals surface area (Å²) in [6.45, 7) is 5.96. The average Bonchev–Trinajstić information content (AvgIpc) is 2.39. The monoisotopic (exact) mass is 249 g/mol. The van der Waals surface area contributed by atoms with E-state index >= 15 is 0 Å². The minimum absolute atomic E-state index is 1.21. The predicted octanol–water partition coefficient (Wildman–Crippen LogP) is 6.63. The summed E-state index contributed by atoms with van der Waals surface area (Å²) < 4.78 is 0. The lowest BCUT2D eigenvalue weighted by Gasteiger charge is -1.99. The van der Waals surface area contributed by atoms with Crippen LogP contribution in [0.2, 0.25) is 0 Å². The molecule has 0 bridgehead atoms. The molecule has 18 heavy (non-hydrogen) atoms. The number of hydrogen-bond donors (Lipinski definition) is 0. The lowest BCUT2D eigenvalue weighted by molar-refractivity contribution is 0.599. The van der Waals surface area contributed by atoms with Crippen LogP contribution in [0.5, 0.6) is 0 Å². The van der Waals surface area contributed by atoms with Gasteiger partial charge < -0.3 is 0 Å². The van der Waals surface area contributed by atoms with Crippen molar-refractivity contribution in [3.05, 3.63) is 31.2 Å². The van der Waals surface area contributed by atoms with Crippen LogP contribution >= 0.6 is 0 Å². The van der Waals surface area contributed by atoms with E-state index in [0.717, 1.165) is 0 Å². The van der Waals surface area contributed by atoms with Crippen LogP contribution in [0, 0.1) is 6.92 Å². The van der Waals surface area contributed by atoms with E-state index in [-0.39, 0.29) is 0 Å². The predicted molar refractivity (Wildman–Crippen MR) is 84.7 cm³/mol. The van der Waals surface area contributed by atoms with Crippen LogP contribution in [0.1, 0.15) is 84.0 Å². The molecule has 0 saturated heterocycles. The second-order valence-electron chi connectivity index (χ2n) is 5.14. The first-order chi connectivity index (χ1) is 8.91. The van der Waals surface area contributed by atoms with Gasteiger partial charge in [0.1, 0.15) is 0 Å². The van der Waals surface area contributed by atoms with Gasteiger partial charge in [0.2, 0.25) is 0 Å². The smallest absolute Gasteiger partial charge is 0.0316 e. The lowest BCUT2D eigenvalue weighted by Crippen LogP contribution is -1.79. The minimum atomic E-state index is 1.21. The van der Waals surface area contributed by atoms with Gasteiger partial charge >= 0.3 is 0 Å². The molecule has 0 aromatic carbocycles. The van der Waals surface area contributed by atoms with Crippen molar-refractivity contribution >= 4 is 0 Å². The maximum atomic E-state index is 3.70. The van der Waals surface area contributed by atoms with Crippen molar-refractivity contribution in [2.45, 2.75) is 84.0 Å². The Morgan fingerprint density at radius 3 is 1.56 bits per heavy atom. The first-order valence-electron chi connectivity index (χ1n) is 8.01. The third-order valence-corrected chi connectivity index (χ3v) is 3.30. The molecule has 0 aromatic rings. The van der Waals surface area contributed by atoms with Crippen molar-refractivity contribution in [3.63, 3.8) is 0 Å². The molecule has 105 valence electrons. The highest BCUT2D eigenvalue weighted by atomic mass is 14.0. The summed E-state index contributed by atoms with van der Waals surface area (Å²) in [6.07, 6.45) is 25.0. The van der Waals surface area contributed by atoms with Gasteiger partial charge in [-0.25, -0.2) is 0 Å². The summed E-state index contributed by atoms with van der Waals surface area (Å²) in [5, 5.41) is 0. The van der Waals surface area contributed by atoms with Gasteiger partial charge in [-0.1, -0.05) is 69.8 Å². The second-order valence-corrected chi connectivity index (χ2v) is 5.14. The Morgan fingerprint density at radius 1 is 0.611 bits per heavy atom. The molecule has 0 aliphatic rings. The van der Waals surface area contributed by atoms with Gasteiger partial charge in [-0.15, -0.1) is 0 Å². The Hall–Kier alpha value is -0.520. The first-order valence-corrected chi connectivity index (χ1v) is 8.01. The molecule has 0 unspecified atom stereocenters. The van der Waals surface area contributed by atoms with Crippen LogP contribution in [0.15, 0.2) is 24.3 Å². The fourth-order valence-electron chi connectivity index (χ4n) is 2.10. The highest BCUT2D eigenvalue weighted by Gasteiger charge is 1.89. The van der Waals surface area contributed by atoms with E-state index in [4.69, 9.17) is 0 Å². The molecule has 0 amide bonds. The zero-order valence-electron chi connectivity index (χ0n) is 12.5. The van der Waals surface area contributed by atoms with Gasteiger partial charge in [-0.05, 0) is 45.4 Å². The van der Waals surface area contributed by atoms with E-state index < -0.39 is 0 Å². The molecule has 0 aliphatic carbocycles. The van der Waals surface area contributed by atoms with Gasteiger partial charge in [-0.2, -0.15) is 0 Å². The van der Waals surface area contributed by atoms with Crippen LogP contribution in [0.4, 0.5) is 0 Å². The van der Waals surface area contributed by atoms with Crippen molar-refractivity contribution < 1.29 is 0 Å². The molecule has 0 nitrogen and oxygen atoms in total.